The molecule has 6 atom stereocenters. The average Bonchev–Trinajstić information content (AvgIpc) is 3.15. The van der Waals surface area contributed by atoms with Crippen LogP contribution in [0.15, 0.2) is 48.6 Å². The molecule has 1 fully saturated rings. The van der Waals surface area contributed by atoms with Gasteiger partial charge in [-0.15, -0.1) is 0 Å². The number of allylic oxidation sites excluding steroid dienone is 8. The van der Waals surface area contributed by atoms with E-state index in [9.17, 15) is 44.6 Å². The Morgan fingerprint density at radius 2 is 1.06 bits per heavy atom. The summed E-state index contributed by atoms with van der Waals surface area (Å²) in [5, 5.41) is 49.7. The fraction of sp³-hybridized carbons (Fsp3) is 0.750. The second kappa shape index (κ2) is 31.0. The molecule has 0 aromatic rings. The zero-order valence-electron chi connectivity index (χ0n) is 32.5. The van der Waals surface area contributed by atoms with Crippen LogP contribution in [0, 0.1) is 0 Å². The SMILES string of the molecule is CC/C=C\C/C=C\C/C=C\C/C=C\CCCCCCCCCCCCC(=O)OC(COC(=O)CCCC)COP(=O)(O)OC1C(O)C(O)C(O)C(O)C1O. The van der Waals surface area contributed by atoms with Crippen LogP contribution < -0.4 is 0 Å². The first-order valence-corrected chi connectivity index (χ1v) is 21.4. The third kappa shape index (κ3) is 23.7. The summed E-state index contributed by atoms with van der Waals surface area (Å²) in [7, 11) is -5.09. The van der Waals surface area contributed by atoms with E-state index in [1.807, 2.05) is 6.92 Å². The van der Waals surface area contributed by atoms with Crippen molar-refractivity contribution in [1.82, 2.24) is 0 Å². The number of aliphatic hydroxyl groups is 5. The number of unbranched alkanes of at least 4 members (excludes halogenated alkanes) is 11. The normalized spacial score (nSPS) is 23.8. The maximum Gasteiger partial charge on any atom is 0.472 e. The lowest BCUT2D eigenvalue weighted by Crippen LogP contribution is -2.64. The summed E-state index contributed by atoms with van der Waals surface area (Å²) in [6.45, 7) is 2.86. The van der Waals surface area contributed by atoms with Crippen molar-refractivity contribution in [3.8, 4) is 0 Å². The Hall–Kier alpha value is -2.19. The van der Waals surface area contributed by atoms with Gasteiger partial charge in [0.15, 0.2) is 6.10 Å². The highest BCUT2D eigenvalue weighted by molar-refractivity contribution is 7.47. The van der Waals surface area contributed by atoms with Crippen LogP contribution in [0.3, 0.4) is 0 Å². The summed E-state index contributed by atoms with van der Waals surface area (Å²) in [5.74, 6) is -1.15. The van der Waals surface area contributed by atoms with Crippen molar-refractivity contribution in [2.24, 2.45) is 0 Å². The Morgan fingerprint density at radius 1 is 0.593 bits per heavy atom. The van der Waals surface area contributed by atoms with E-state index in [4.69, 9.17) is 18.5 Å². The molecular weight excluding hydrogens is 719 g/mol. The minimum absolute atomic E-state index is 0.0887. The molecule has 0 amide bonds. The summed E-state index contributed by atoms with van der Waals surface area (Å²) >= 11 is 0. The molecule has 0 aromatic carbocycles. The van der Waals surface area contributed by atoms with E-state index >= 15 is 0 Å². The number of hydrogen-bond donors (Lipinski definition) is 6. The monoisotopic (exact) mass is 788 g/mol. The van der Waals surface area contributed by atoms with Crippen LogP contribution >= 0.6 is 7.82 Å². The van der Waals surface area contributed by atoms with Crippen molar-refractivity contribution in [3.63, 3.8) is 0 Å². The van der Waals surface area contributed by atoms with Crippen LogP contribution in [0.1, 0.15) is 136 Å². The minimum Gasteiger partial charge on any atom is -0.462 e. The highest BCUT2D eigenvalue weighted by Crippen LogP contribution is 2.47. The first-order valence-electron chi connectivity index (χ1n) is 19.9. The lowest BCUT2D eigenvalue weighted by molar-refractivity contribution is -0.220. The van der Waals surface area contributed by atoms with Gasteiger partial charge in [-0.2, -0.15) is 0 Å². The van der Waals surface area contributed by atoms with Gasteiger partial charge in [0, 0.05) is 12.8 Å². The molecule has 1 saturated carbocycles. The van der Waals surface area contributed by atoms with Gasteiger partial charge < -0.3 is 39.9 Å². The second-order valence-corrected chi connectivity index (χ2v) is 15.2. The molecule has 0 aromatic heterocycles. The number of phosphoric acid groups is 1. The van der Waals surface area contributed by atoms with Gasteiger partial charge in [0.05, 0.1) is 6.61 Å². The van der Waals surface area contributed by atoms with Crippen LogP contribution in [0.2, 0.25) is 0 Å². The Balaban J connectivity index is 2.28. The molecular formula is C40H69O13P. The number of ether oxygens (including phenoxy) is 2. The van der Waals surface area contributed by atoms with Crippen molar-refractivity contribution in [2.45, 2.75) is 179 Å². The van der Waals surface area contributed by atoms with Crippen LogP contribution in [0.5, 0.6) is 0 Å². The zero-order chi connectivity index (χ0) is 40.0. The van der Waals surface area contributed by atoms with Gasteiger partial charge in [0.25, 0.3) is 0 Å². The van der Waals surface area contributed by atoms with E-state index in [1.165, 1.54) is 32.1 Å². The molecule has 6 unspecified atom stereocenters. The Kier molecular flexibility index (Phi) is 28.6. The second-order valence-electron chi connectivity index (χ2n) is 13.8. The molecule has 0 spiro atoms. The van der Waals surface area contributed by atoms with Gasteiger partial charge in [-0.25, -0.2) is 4.57 Å². The predicted octanol–water partition coefficient (Wildman–Crippen LogP) is 6.44. The summed E-state index contributed by atoms with van der Waals surface area (Å²) < 4.78 is 32.9. The van der Waals surface area contributed by atoms with Crippen LogP contribution in [0.25, 0.3) is 0 Å². The van der Waals surface area contributed by atoms with E-state index in [0.29, 0.717) is 12.8 Å². The van der Waals surface area contributed by atoms with Crippen molar-refractivity contribution in [1.29, 1.82) is 0 Å². The smallest absolute Gasteiger partial charge is 0.462 e. The zero-order valence-corrected chi connectivity index (χ0v) is 33.4. The molecule has 6 N–H and O–H groups in total. The Labute approximate surface area is 322 Å². The molecule has 54 heavy (non-hydrogen) atoms. The molecule has 1 aliphatic rings. The molecule has 0 radical (unpaired) electrons. The van der Waals surface area contributed by atoms with Crippen LogP contribution in [-0.2, 0) is 32.7 Å². The topological polar surface area (TPSA) is 210 Å². The van der Waals surface area contributed by atoms with Crippen molar-refractivity contribution in [3.05, 3.63) is 48.6 Å². The van der Waals surface area contributed by atoms with Crippen molar-refractivity contribution < 1.29 is 63.1 Å². The average molecular weight is 789 g/mol. The van der Waals surface area contributed by atoms with Crippen LogP contribution in [-0.4, -0.2) is 98.3 Å². The molecule has 0 bridgehead atoms. The number of esters is 2. The number of aliphatic hydroxyl groups excluding tert-OH is 5. The molecule has 14 heteroatoms. The molecule has 0 aliphatic heterocycles. The maximum absolute atomic E-state index is 12.6. The maximum atomic E-state index is 12.6. The quantitative estimate of drug-likeness (QED) is 0.0194. The number of phosphoric ester groups is 1. The molecule has 1 aliphatic carbocycles. The van der Waals surface area contributed by atoms with Gasteiger partial charge in [0.1, 0.15) is 43.2 Å². The van der Waals surface area contributed by atoms with E-state index < -0.39 is 75.7 Å². The summed E-state index contributed by atoms with van der Waals surface area (Å²) in [5.41, 5.74) is 0. The molecule has 0 saturated heterocycles. The summed E-state index contributed by atoms with van der Waals surface area (Å²) in [6, 6.07) is 0. The van der Waals surface area contributed by atoms with Gasteiger partial charge >= 0.3 is 19.8 Å². The third-order valence-electron chi connectivity index (χ3n) is 8.93. The third-order valence-corrected chi connectivity index (χ3v) is 9.92. The highest BCUT2D eigenvalue weighted by Gasteiger charge is 2.51. The van der Waals surface area contributed by atoms with Crippen LogP contribution in [0.4, 0.5) is 0 Å². The number of hydrogen-bond acceptors (Lipinski definition) is 12. The largest absolute Gasteiger partial charge is 0.472 e. The molecule has 0 heterocycles. The minimum atomic E-state index is -5.09. The van der Waals surface area contributed by atoms with E-state index in [2.05, 4.69) is 55.5 Å². The van der Waals surface area contributed by atoms with E-state index in [1.54, 1.807) is 0 Å². The predicted molar refractivity (Wildman–Crippen MR) is 207 cm³/mol. The van der Waals surface area contributed by atoms with Crippen molar-refractivity contribution in [2.75, 3.05) is 13.2 Å². The van der Waals surface area contributed by atoms with E-state index in [-0.39, 0.29) is 12.8 Å². The van der Waals surface area contributed by atoms with Gasteiger partial charge in [0.2, 0.25) is 0 Å². The van der Waals surface area contributed by atoms with Gasteiger partial charge in [-0.1, -0.05) is 120 Å². The standard InChI is InChI=1S/C40H69O13P/c1-3-5-7-8-9-10-11-12-13-14-15-16-17-18-19-20-21-22-23-24-25-26-27-29-34(42)52-32(30-50-33(41)28-6-4-2)31-51-54(48,49)53-40-38(46)36(44)35(43)37(45)39(40)47/h5,7,9-10,12-13,15-16,32,35-40,43-47H,3-4,6,8,11,14,17-31H2,1-2H3,(H,48,49)/b7-5-,10-9-,13-12-,16-15-. The molecule has 1 rings (SSSR count). The summed E-state index contributed by atoms with van der Waals surface area (Å²) in [6.07, 6.45) is 21.9. The lowest BCUT2D eigenvalue weighted by Gasteiger charge is -2.41. The Morgan fingerprint density at radius 3 is 1.59 bits per heavy atom. The summed E-state index contributed by atoms with van der Waals surface area (Å²) in [4.78, 5) is 34.8. The fourth-order valence-corrected chi connectivity index (χ4v) is 6.64. The number of rotatable bonds is 31. The first-order chi connectivity index (χ1) is 25.9. The van der Waals surface area contributed by atoms with Gasteiger partial charge in [-0.05, 0) is 51.4 Å². The lowest BCUT2D eigenvalue weighted by atomic mass is 9.85. The number of carbonyl (C=O) groups is 2. The fourth-order valence-electron chi connectivity index (χ4n) is 5.67. The first kappa shape index (κ1) is 49.8. The molecule has 13 nitrogen and oxygen atoms in total. The highest BCUT2D eigenvalue weighted by atomic mass is 31.2. The molecule has 312 valence electrons. The van der Waals surface area contributed by atoms with Crippen molar-refractivity contribution >= 4 is 19.8 Å². The van der Waals surface area contributed by atoms with Gasteiger partial charge in [-0.3, -0.25) is 18.6 Å². The number of carbonyl (C=O) groups excluding carboxylic acids is 2. The Bertz CT molecular complexity index is 1140. The van der Waals surface area contributed by atoms with E-state index in [0.717, 1.165) is 64.2 Å².